The predicted octanol–water partition coefficient (Wildman–Crippen LogP) is 1.89. The van der Waals surface area contributed by atoms with Crippen molar-refractivity contribution >= 4 is 63.9 Å². The van der Waals surface area contributed by atoms with Gasteiger partial charge in [-0.2, -0.15) is 0 Å². The number of carboxylic acid groups (broad SMARTS) is 1. The van der Waals surface area contributed by atoms with Gasteiger partial charge in [-0.1, -0.05) is 42.1 Å². The lowest BCUT2D eigenvalue weighted by atomic mass is 10.0. The number of imidazole rings is 1. The summed E-state index contributed by atoms with van der Waals surface area (Å²) in [5.74, 6) is -1.77. The van der Waals surface area contributed by atoms with E-state index in [1.54, 1.807) is 35.0 Å². The van der Waals surface area contributed by atoms with Crippen LogP contribution in [-0.4, -0.2) is 86.8 Å². The number of nitrogens with one attached hydrogen (secondary N) is 3. The molecule has 2 atom stereocenters. The Morgan fingerprint density at radius 2 is 1.95 bits per heavy atom. The summed E-state index contributed by atoms with van der Waals surface area (Å²) in [5, 5.41) is 27.0. The molecule has 220 valence electrons. The maximum Gasteiger partial charge on any atom is 0.352 e. The monoisotopic (exact) mass is 619 g/mol. The van der Waals surface area contributed by atoms with Gasteiger partial charge in [0.05, 0.1) is 17.5 Å². The quantitative estimate of drug-likeness (QED) is 0.150. The molecule has 1 fully saturated rings. The second-order valence-corrected chi connectivity index (χ2v) is 11.7. The van der Waals surface area contributed by atoms with Crippen molar-refractivity contribution < 1.29 is 24.3 Å². The molecule has 0 bridgehead atoms. The first-order valence-electron chi connectivity index (χ1n) is 13.3. The minimum atomic E-state index is -1.21. The molecule has 0 aliphatic carbocycles. The maximum absolute atomic E-state index is 13.1. The van der Waals surface area contributed by atoms with Gasteiger partial charge in [0.2, 0.25) is 11.1 Å². The van der Waals surface area contributed by atoms with Crippen molar-refractivity contribution in [1.82, 2.24) is 40.4 Å². The molecule has 0 radical (unpaired) electrons. The number of carboxylic acids is 1. The van der Waals surface area contributed by atoms with Crippen molar-refractivity contribution in [2.75, 3.05) is 16.8 Å². The topological polar surface area (TPSA) is 188 Å². The third-order valence-corrected chi connectivity index (χ3v) is 9.34. The molecule has 43 heavy (non-hydrogen) atoms. The molecule has 2 aromatic carbocycles. The summed E-state index contributed by atoms with van der Waals surface area (Å²) in [6.45, 7) is 2.47. The number of carbonyl (C=O) groups is 4. The zero-order valence-electron chi connectivity index (χ0n) is 22.7. The average Bonchev–Trinajstić information content (AvgIpc) is 3.66. The van der Waals surface area contributed by atoms with Crippen LogP contribution in [0.5, 0.6) is 0 Å². The highest BCUT2D eigenvalue weighted by Crippen LogP contribution is 2.41. The molecule has 14 nitrogen and oxygen atoms in total. The number of hydrogen-bond donors (Lipinski definition) is 4. The van der Waals surface area contributed by atoms with Gasteiger partial charge in [0.15, 0.2) is 5.82 Å². The lowest BCUT2D eigenvalue weighted by Gasteiger charge is -2.49. The summed E-state index contributed by atoms with van der Waals surface area (Å²) in [5.41, 5.74) is 2.88. The number of anilines is 1. The average molecular weight is 620 g/mol. The van der Waals surface area contributed by atoms with Gasteiger partial charge in [-0.25, -0.2) is 14.5 Å². The third-order valence-electron chi connectivity index (χ3n) is 6.96. The number of benzene rings is 2. The number of hydrogen-bond acceptors (Lipinski definition) is 10. The summed E-state index contributed by atoms with van der Waals surface area (Å²) in [7, 11) is 0. The fourth-order valence-electron chi connectivity index (χ4n) is 4.88. The van der Waals surface area contributed by atoms with E-state index in [1.165, 1.54) is 28.4 Å². The molecule has 2 aliphatic heterocycles. The number of β-lactam (4-membered cyclic amide) rings is 1. The van der Waals surface area contributed by atoms with Gasteiger partial charge in [0.25, 0.3) is 11.8 Å². The minimum Gasteiger partial charge on any atom is -0.477 e. The number of fused-ring (bicyclic) bond motifs is 2. The standard InChI is InChI=1S/C27H25N9O5S2/c1-2-35-27(32-33-34-35)43-13-15-12-42-25-20(24(39)36(25)21(15)26(40)41)31-19(37)11-14-7-3-4-8-16(14)30-23(38)22-28-17-9-5-6-10-18(17)29-22/h3-10,20,25H,2,11-13H2,1H3,(H,28,29)(H,30,38)(H,31,37)(H,40,41)/t20?,25-/m1/s1. The molecule has 1 saturated heterocycles. The van der Waals surface area contributed by atoms with E-state index >= 15 is 0 Å². The Bertz CT molecular complexity index is 1750. The number of thioether (sulfide) groups is 2. The van der Waals surface area contributed by atoms with E-state index in [1.807, 2.05) is 25.1 Å². The van der Waals surface area contributed by atoms with E-state index in [-0.39, 0.29) is 17.9 Å². The van der Waals surface area contributed by atoms with Crippen molar-refractivity contribution in [3.05, 3.63) is 71.2 Å². The van der Waals surface area contributed by atoms with Gasteiger partial charge in [-0.05, 0) is 46.7 Å². The SMILES string of the molecule is CCn1nnnc1SCC1=C(C(=O)O)N2C(=O)C(NC(=O)Cc3ccccc3NC(=O)c3nc4ccccc4[nH]3)[C@H]2SC1. The highest BCUT2D eigenvalue weighted by atomic mass is 32.2. The van der Waals surface area contributed by atoms with E-state index in [2.05, 4.69) is 36.1 Å². The smallest absolute Gasteiger partial charge is 0.352 e. The molecule has 4 heterocycles. The van der Waals surface area contributed by atoms with Crippen molar-refractivity contribution in [1.29, 1.82) is 0 Å². The molecule has 0 saturated carbocycles. The largest absolute Gasteiger partial charge is 0.477 e. The molecule has 2 aliphatic rings. The molecule has 2 aromatic heterocycles. The molecule has 4 aromatic rings. The number of rotatable bonds is 10. The first-order chi connectivity index (χ1) is 20.8. The molecule has 0 spiro atoms. The number of amides is 3. The van der Waals surface area contributed by atoms with Crippen molar-refractivity contribution in [3.63, 3.8) is 0 Å². The van der Waals surface area contributed by atoms with E-state index in [9.17, 15) is 24.3 Å². The number of aryl methyl sites for hydroxylation is 1. The van der Waals surface area contributed by atoms with E-state index in [0.717, 1.165) is 5.52 Å². The lowest BCUT2D eigenvalue weighted by molar-refractivity contribution is -0.150. The van der Waals surface area contributed by atoms with Crippen LogP contribution >= 0.6 is 23.5 Å². The Balaban J connectivity index is 1.10. The van der Waals surface area contributed by atoms with Gasteiger partial charge < -0.3 is 20.7 Å². The minimum absolute atomic E-state index is 0.0686. The summed E-state index contributed by atoms with van der Waals surface area (Å²) in [6.07, 6.45) is -0.104. The molecular weight excluding hydrogens is 594 g/mol. The summed E-state index contributed by atoms with van der Waals surface area (Å²) in [6, 6.07) is 13.3. The number of aromatic nitrogens is 6. The number of carbonyl (C=O) groups excluding carboxylic acids is 3. The van der Waals surface area contributed by atoms with Crippen molar-refractivity contribution in [3.8, 4) is 0 Å². The fourth-order valence-corrected chi connectivity index (χ4v) is 7.31. The zero-order chi connectivity index (χ0) is 30.1. The molecule has 16 heteroatoms. The first-order valence-corrected chi connectivity index (χ1v) is 15.3. The molecule has 6 rings (SSSR count). The van der Waals surface area contributed by atoms with E-state index < -0.39 is 35.1 Å². The van der Waals surface area contributed by atoms with Crippen LogP contribution in [0.25, 0.3) is 11.0 Å². The van der Waals surface area contributed by atoms with E-state index in [0.29, 0.717) is 45.5 Å². The summed E-state index contributed by atoms with van der Waals surface area (Å²) >= 11 is 2.69. The van der Waals surface area contributed by atoms with Crippen LogP contribution in [-0.2, 0) is 27.3 Å². The number of tetrazole rings is 1. The second kappa shape index (κ2) is 11.9. The third kappa shape index (κ3) is 5.58. The van der Waals surface area contributed by atoms with Gasteiger partial charge in [0, 0.05) is 23.7 Å². The van der Waals surface area contributed by atoms with Crippen LogP contribution in [0.1, 0.15) is 23.1 Å². The molecule has 4 N–H and O–H groups in total. The maximum atomic E-state index is 13.1. The van der Waals surface area contributed by atoms with Crippen LogP contribution in [0.2, 0.25) is 0 Å². The second-order valence-electron chi connectivity index (χ2n) is 9.67. The lowest BCUT2D eigenvalue weighted by Crippen LogP contribution is -2.70. The first kappa shape index (κ1) is 28.4. The van der Waals surface area contributed by atoms with Crippen LogP contribution in [0, 0.1) is 0 Å². The molecular formula is C27H25N9O5S2. The van der Waals surface area contributed by atoms with Crippen LogP contribution in [0.4, 0.5) is 5.69 Å². The molecule has 3 amide bonds. The highest BCUT2D eigenvalue weighted by molar-refractivity contribution is 8.01. The van der Waals surface area contributed by atoms with Crippen LogP contribution < -0.4 is 10.6 Å². The van der Waals surface area contributed by atoms with E-state index in [4.69, 9.17) is 0 Å². The predicted molar refractivity (Wildman–Crippen MR) is 158 cm³/mol. The van der Waals surface area contributed by atoms with Crippen molar-refractivity contribution in [2.24, 2.45) is 0 Å². The summed E-state index contributed by atoms with van der Waals surface area (Å²) in [4.78, 5) is 59.8. The number of aliphatic carboxylic acids is 1. The van der Waals surface area contributed by atoms with Gasteiger partial charge >= 0.3 is 5.97 Å². The zero-order valence-corrected chi connectivity index (χ0v) is 24.3. The van der Waals surface area contributed by atoms with Gasteiger partial charge in [-0.15, -0.1) is 16.9 Å². The van der Waals surface area contributed by atoms with Gasteiger partial charge in [-0.3, -0.25) is 19.3 Å². The van der Waals surface area contributed by atoms with Crippen LogP contribution in [0.3, 0.4) is 0 Å². The van der Waals surface area contributed by atoms with Crippen LogP contribution in [0.15, 0.2) is 65.0 Å². The fraction of sp³-hybridized carbons (Fsp3) is 0.259. The Kier molecular flexibility index (Phi) is 7.86. The highest BCUT2D eigenvalue weighted by Gasteiger charge is 2.54. The Hall–Kier alpha value is -4.70. The number of H-pyrrole nitrogens is 1. The Morgan fingerprint density at radius 3 is 2.74 bits per heavy atom. The number of para-hydroxylation sites is 3. The molecule has 1 unspecified atom stereocenters. The Labute approximate surface area is 252 Å². The Morgan fingerprint density at radius 1 is 1.16 bits per heavy atom. The van der Waals surface area contributed by atoms with Crippen molar-refractivity contribution in [2.45, 2.75) is 36.5 Å². The number of aromatic amines is 1. The normalized spacial score (nSPS) is 17.9. The van der Waals surface area contributed by atoms with Gasteiger partial charge in [0.1, 0.15) is 17.1 Å². The number of nitrogens with zero attached hydrogens (tertiary/aromatic N) is 6. The summed E-state index contributed by atoms with van der Waals surface area (Å²) < 4.78 is 1.60.